The Hall–Kier alpha value is -1.02. The lowest BCUT2D eigenvalue weighted by atomic mass is 10.3. The van der Waals surface area contributed by atoms with Crippen LogP contribution < -0.4 is 14.8 Å². The fourth-order valence-electron chi connectivity index (χ4n) is 2.62. The Morgan fingerprint density at radius 1 is 1.23 bits per heavy atom. The average molecular weight is 349 g/mol. The molecule has 1 aromatic carbocycles. The van der Waals surface area contributed by atoms with Gasteiger partial charge in [-0.25, -0.2) is 8.42 Å². The molecule has 1 aromatic rings. The molecule has 3 rings (SSSR count). The number of rotatable bonds is 3. The number of halogens is 1. The highest BCUT2D eigenvalue weighted by atomic mass is 35.5. The van der Waals surface area contributed by atoms with Gasteiger partial charge in [-0.1, -0.05) is 0 Å². The van der Waals surface area contributed by atoms with Gasteiger partial charge in [0, 0.05) is 32.1 Å². The maximum Gasteiger partial charge on any atom is 0.243 e. The number of nitrogens with zero attached hydrogens (tertiary/aromatic N) is 1. The molecule has 2 heterocycles. The zero-order valence-electron chi connectivity index (χ0n) is 12.4. The van der Waals surface area contributed by atoms with Gasteiger partial charge in [-0.05, 0) is 25.1 Å². The number of fused-ring (bicyclic) bond motifs is 1. The zero-order valence-corrected chi connectivity index (χ0v) is 14.1. The average Bonchev–Trinajstić information content (AvgIpc) is 2.91. The second-order valence-corrected chi connectivity index (χ2v) is 7.32. The van der Waals surface area contributed by atoms with E-state index < -0.39 is 10.0 Å². The molecule has 6 nitrogen and oxygen atoms in total. The van der Waals surface area contributed by atoms with Crippen LogP contribution in [0.25, 0.3) is 0 Å². The van der Waals surface area contributed by atoms with Crippen molar-refractivity contribution in [3.63, 3.8) is 0 Å². The van der Waals surface area contributed by atoms with E-state index in [2.05, 4.69) is 5.32 Å². The molecule has 2 aliphatic rings. The van der Waals surface area contributed by atoms with Crippen molar-refractivity contribution in [1.29, 1.82) is 0 Å². The van der Waals surface area contributed by atoms with Gasteiger partial charge in [0.2, 0.25) is 10.0 Å². The summed E-state index contributed by atoms with van der Waals surface area (Å²) in [5, 5.41) is 3.18. The lowest BCUT2D eigenvalue weighted by Crippen LogP contribution is -2.38. The van der Waals surface area contributed by atoms with Crippen LogP contribution in [0, 0.1) is 0 Å². The van der Waals surface area contributed by atoms with E-state index >= 15 is 0 Å². The summed E-state index contributed by atoms with van der Waals surface area (Å²) in [5.74, 6) is 1.11. The molecule has 0 saturated carbocycles. The predicted molar refractivity (Wildman–Crippen MR) is 85.5 cm³/mol. The molecule has 1 atom stereocenters. The van der Waals surface area contributed by atoms with Gasteiger partial charge in [0.05, 0.1) is 18.1 Å². The van der Waals surface area contributed by atoms with Crippen molar-refractivity contribution >= 4 is 22.4 Å². The predicted octanol–water partition coefficient (Wildman–Crippen LogP) is 1.25. The molecule has 124 valence electrons. The Labute approximate surface area is 137 Å². The minimum Gasteiger partial charge on any atom is -0.490 e. The van der Waals surface area contributed by atoms with Crippen molar-refractivity contribution in [2.75, 3.05) is 33.4 Å². The van der Waals surface area contributed by atoms with Crippen molar-refractivity contribution in [2.45, 2.75) is 23.8 Å². The normalized spacial score (nSPS) is 21.3. The Bertz CT molecular complexity index is 617. The molecule has 0 aromatic heterocycles. The topological polar surface area (TPSA) is 67.9 Å². The van der Waals surface area contributed by atoms with Crippen LogP contribution in [0.15, 0.2) is 23.1 Å². The number of nitrogens with one attached hydrogen (secondary N) is 1. The fourth-order valence-corrected chi connectivity index (χ4v) is 4.02. The number of sulfonamides is 1. The van der Waals surface area contributed by atoms with Crippen LogP contribution in [0.1, 0.15) is 12.8 Å². The van der Waals surface area contributed by atoms with Gasteiger partial charge in [0.15, 0.2) is 11.5 Å². The fraction of sp³-hybridized carbons (Fsp3) is 0.571. The summed E-state index contributed by atoms with van der Waals surface area (Å²) < 4.78 is 37.9. The molecule has 8 heteroatoms. The van der Waals surface area contributed by atoms with Crippen LogP contribution >= 0.6 is 12.4 Å². The van der Waals surface area contributed by atoms with Crippen LogP contribution in [0.5, 0.6) is 11.5 Å². The first-order valence-electron chi connectivity index (χ1n) is 7.17. The quantitative estimate of drug-likeness (QED) is 0.890. The van der Waals surface area contributed by atoms with Crippen LogP contribution in [0.4, 0.5) is 0 Å². The summed E-state index contributed by atoms with van der Waals surface area (Å²) in [6.45, 7) is 2.68. The second-order valence-electron chi connectivity index (χ2n) is 5.33. The van der Waals surface area contributed by atoms with Crippen LogP contribution in [0.3, 0.4) is 0 Å². The summed E-state index contributed by atoms with van der Waals surface area (Å²) in [7, 11) is -1.88. The first-order chi connectivity index (χ1) is 10.1. The Balaban J connectivity index is 0.00000176. The Morgan fingerprint density at radius 2 is 1.95 bits per heavy atom. The highest BCUT2D eigenvalue weighted by Gasteiger charge is 2.30. The molecule has 0 radical (unpaired) electrons. The van der Waals surface area contributed by atoms with Crippen LogP contribution in [-0.4, -0.2) is 52.1 Å². The molecule has 1 saturated heterocycles. The Kier molecular flexibility index (Phi) is 5.55. The molecule has 1 fully saturated rings. The van der Waals surface area contributed by atoms with Gasteiger partial charge in [0.25, 0.3) is 0 Å². The van der Waals surface area contributed by atoms with E-state index in [0.717, 1.165) is 19.4 Å². The minimum atomic E-state index is -3.51. The maximum absolute atomic E-state index is 12.7. The molecule has 0 bridgehead atoms. The van der Waals surface area contributed by atoms with Crippen LogP contribution in [-0.2, 0) is 10.0 Å². The first-order valence-corrected chi connectivity index (χ1v) is 8.61. The lowest BCUT2D eigenvalue weighted by Gasteiger charge is -2.23. The van der Waals surface area contributed by atoms with Crippen molar-refractivity contribution in [3.8, 4) is 11.5 Å². The second kappa shape index (κ2) is 7.04. The largest absolute Gasteiger partial charge is 0.490 e. The maximum atomic E-state index is 12.7. The first kappa shape index (κ1) is 17.3. The molecular formula is C14H21ClN2O4S. The van der Waals surface area contributed by atoms with Crippen molar-refractivity contribution < 1.29 is 17.9 Å². The molecular weight excluding hydrogens is 328 g/mol. The van der Waals surface area contributed by atoms with Gasteiger partial charge in [-0.2, -0.15) is 4.31 Å². The molecule has 1 N–H and O–H groups in total. The number of likely N-dealkylation sites (N-methyl/N-ethyl adjacent to an activating group) is 1. The number of hydrogen-bond acceptors (Lipinski definition) is 5. The van der Waals surface area contributed by atoms with Gasteiger partial charge >= 0.3 is 0 Å². The summed E-state index contributed by atoms with van der Waals surface area (Å²) in [6.07, 6.45) is 1.63. The van der Waals surface area contributed by atoms with E-state index in [1.165, 1.54) is 4.31 Å². The zero-order chi connectivity index (χ0) is 14.9. The van der Waals surface area contributed by atoms with Crippen LogP contribution in [0.2, 0.25) is 0 Å². The van der Waals surface area contributed by atoms with Gasteiger partial charge in [0.1, 0.15) is 0 Å². The summed E-state index contributed by atoms with van der Waals surface area (Å²) in [4.78, 5) is 0.251. The molecule has 22 heavy (non-hydrogen) atoms. The minimum absolute atomic E-state index is 0. The summed E-state index contributed by atoms with van der Waals surface area (Å²) >= 11 is 0. The van der Waals surface area contributed by atoms with E-state index in [9.17, 15) is 8.42 Å². The molecule has 1 unspecified atom stereocenters. The van der Waals surface area contributed by atoms with Crippen molar-refractivity contribution in [1.82, 2.24) is 9.62 Å². The molecule has 2 aliphatic heterocycles. The van der Waals surface area contributed by atoms with E-state index in [0.29, 0.717) is 31.3 Å². The van der Waals surface area contributed by atoms with Gasteiger partial charge in [-0.15, -0.1) is 12.4 Å². The number of hydrogen-bond donors (Lipinski definition) is 1. The third-order valence-corrected chi connectivity index (χ3v) is 5.85. The standard InChI is InChI=1S/C14H20N2O4S.ClH/c1-16(11-5-6-15-10-11)21(17,18)12-3-4-13-14(9-12)20-8-2-7-19-13;/h3-4,9,11,15H,2,5-8,10H2,1H3;1H. The summed E-state index contributed by atoms with van der Waals surface area (Å²) in [6, 6.07) is 4.83. The number of ether oxygens (including phenoxy) is 2. The Morgan fingerprint density at radius 3 is 2.64 bits per heavy atom. The lowest BCUT2D eigenvalue weighted by molar-refractivity contribution is 0.296. The monoisotopic (exact) mass is 348 g/mol. The SMILES string of the molecule is CN(C1CCNC1)S(=O)(=O)c1ccc2c(c1)OCCCO2.Cl. The molecule has 0 spiro atoms. The van der Waals surface area contributed by atoms with E-state index in [-0.39, 0.29) is 23.3 Å². The summed E-state index contributed by atoms with van der Waals surface area (Å²) in [5.41, 5.74) is 0. The molecule has 0 aliphatic carbocycles. The van der Waals surface area contributed by atoms with Crippen molar-refractivity contribution in [3.05, 3.63) is 18.2 Å². The molecule has 0 amide bonds. The highest BCUT2D eigenvalue weighted by molar-refractivity contribution is 7.89. The third kappa shape index (κ3) is 3.32. The smallest absolute Gasteiger partial charge is 0.243 e. The van der Waals surface area contributed by atoms with Crippen molar-refractivity contribution in [2.24, 2.45) is 0 Å². The van der Waals surface area contributed by atoms with E-state index in [4.69, 9.17) is 9.47 Å². The van der Waals surface area contributed by atoms with E-state index in [1.807, 2.05) is 0 Å². The van der Waals surface area contributed by atoms with E-state index in [1.54, 1.807) is 25.2 Å². The number of benzene rings is 1. The third-order valence-electron chi connectivity index (χ3n) is 3.94. The van der Waals surface area contributed by atoms with Gasteiger partial charge in [-0.3, -0.25) is 0 Å². The highest BCUT2D eigenvalue weighted by Crippen LogP contribution is 2.33. The van der Waals surface area contributed by atoms with Gasteiger partial charge < -0.3 is 14.8 Å².